The highest BCUT2D eigenvalue weighted by Crippen LogP contribution is 2.46. The third-order valence-corrected chi connectivity index (χ3v) is 9.29. The summed E-state index contributed by atoms with van der Waals surface area (Å²) >= 11 is 0. The summed E-state index contributed by atoms with van der Waals surface area (Å²) in [5, 5.41) is 0. The van der Waals surface area contributed by atoms with Gasteiger partial charge in [0.15, 0.2) is 0 Å². The van der Waals surface area contributed by atoms with Crippen LogP contribution < -0.4 is 0 Å². The highest BCUT2D eigenvalue weighted by molar-refractivity contribution is 7.58. The van der Waals surface area contributed by atoms with Crippen molar-refractivity contribution in [3.63, 3.8) is 0 Å². The first-order valence-electron chi connectivity index (χ1n) is 6.40. The quantitative estimate of drug-likeness (QED) is 0.544. The second-order valence-electron chi connectivity index (χ2n) is 4.80. The van der Waals surface area contributed by atoms with E-state index in [4.69, 9.17) is 0 Å². The molecule has 0 aromatic rings. The minimum atomic E-state index is 0.482. The molecule has 0 aromatic heterocycles. The predicted octanol–water partition coefficient (Wildman–Crippen LogP) is 4.32. The molecule has 3 aliphatic rings. The van der Waals surface area contributed by atoms with Gasteiger partial charge < -0.3 is 0 Å². The van der Waals surface area contributed by atoms with Gasteiger partial charge in [0.1, 0.15) is 0 Å². The minimum absolute atomic E-state index is 0.482. The summed E-state index contributed by atoms with van der Waals surface area (Å²) in [6.45, 7) is 0. The third kappa shape index (κ3) is 3.79. The lowest BCUT2D eigenvalue weighted by atomic mass is 10.4. The van der Waals surface area contributed by atoms with Crippen LogP contribution in [0.2, 0.25) is 0 Å². The Morgan fingerprint density at radius 2 is 0.571 bits per heavy atom. The standard InChI is InChI=1S/C12H24P2/c1-2-8-14-11-5-3-9-13(7-1)10-4-6-12-14/h1-12H2. The van der Waals surface area contributed by atoms with Crippen molar-refractivity contribution in [3.8, 4) is 0 Å². The molecule has 14 heavy (non-hydrogen) atoms. The van der Waals surface area contributed by atoms with Gasteiger partial charge in [0.25, 0.3) is 0 Å². The molecule has 3 saturated heterocycles. The molecule has 0 N–H and O–H groups in total. The molecule has 2 heteroatoms. The fraction of sp³-hybridized carbons (Fsp3) is 1.00. The van der Waals surface area contributed by atoms with Gasteiger partial charge in [-0.1, -0.05) is 0 Å². The summed E-state index contributed by atoms with van der Waals surface area (Å²) in [6.07, 6.45) is 19.2. The molecule has 0 aliphatic carbocycles. The van der Waals surface area contributed by atoms with Crippen LogP contribution in [0.3, 0.4) is 0 Å². The third-order valence-electron chi connectivity index (χ3n) is 3.60. The van der Waals surface area contributed by atoms with Crippen molar-refractivity contribution in [1.82, 2.24) is 0 Å². The molecule has 0 radical (unpaired) electrons. The lowest BCUT2D eigenvalue weighted by Gasteiger charge is -2.26. The van der Waals surface area contributed by atoms with Crippen LogP contribution in [0, 0.1) is 0 Å². The number of hydrogen-bond donors (Lipinski definition) is 0. The average molecular weight is 230 g/mol. The Hall–Kier alpha value is 0.860. The van der Waals surface area contributed by atoms with Gasteiger partial charge in [-0.25, -0.2) is 0 Å². The molecule has 3 rings (SSSR count). The molecule has 0 spiro atoms. The Balaban J connectivity index is 1.93. The van der Waals surface area contributed by atoms with Crippen LogP contribution in [-0.4, -0.2) is 37.0 Å². The second-order valence-corrected chi connectivity index (χ2v) is 10.2. The Labute approximate surface area is 91.7 Å². The van der Waals surface area contributed by atoms with Crippen LogP contribution in [0.5, 0.6) is 0 Å². The van der Waals surface area contributed by atoms with E-state index in [1.165, 1.54) is 0 Å². The summed E-state index contributed by atoms with van der Waals surface area (Å²) in [5.41, 5.74) is 0. The first-order chi connectivity index (χ1) is 6.95. The van der Waals surface area contributed by atoms with Gasteiger partial charge in [0.05, 0.1) is 0 Å². The molecule has 0 amide bonds. The van der Waals surface area contributed by atoms with Crippen molar-refractivity contribution >= 4 is 15.8 Å². The van der Waals surface area contributed by atoms with Gasteiger partial charge in [0.2, 0.25) is 0 Å². The molecule has 0 atom stereocenters. The number of rotatable bonds is 0. The van der Waals surface area contributed by atoms with E-state index >= 15 is 0 Å². The van der Waals surface area contributed by atoms with Crippen LogP contribution in [0.1, 0.15) is 38.5 Å². The number of hydrogen-bond acceptors (Lipinski definition) is 0. The highest BCUT2D eigenvalue weighted by Gasteiger charge is 2.15. The smallest absolute Gasteiger partial charge is 0.0326 e. The van der Waals surface area contributed by atoms with Crippen LogP contribution >= 0.6 is 15.8 Å². The topological polar surface area (TPSA) is 0 Å². The van der Waals surface area contributed by atoms with E-state index in [0.29, 0.717) is 15.8 Å². The Morgan fingerprint density at radius 3 is 0.786 bits per heavy atom. The maximum atomic E-state index is 1.62. The lowest BCUT2D eigenvalue weighted by molar-refractivity contribution is 0.814. The van der Waals surface area contributed by atoms with Crippen LogP contribution in [-0.2, 0) is 0 Å². The predicted molar refractivity (Wildman–Crippen MR) is 70.7 cm³/mol. The van der Waals surface area contributed by atoms with E-state index in [1.807, 2.05) is 0 Å². The molecule has 0 nitrogen and oxygen atoms in total. The average Bonchev–Trinajstić information content (AvgIpc) is 2.25. The first kappa shape index (κ1) is 11.3. The van der Waals surface area contributed by atoms with E-state index in [9.17, 15) is 0 Å². The fourth-order valence-electron chi connectivity index (χ4n) is 2.68. The molecule has 0 aromatic carbocycles. The fourth-order valence-corrected chi connectivity index (χ4v) is 8.05. The zero-order valence-corrected chi connectivity index (χ0v) is 11.2. The van der Waals surface area contributed by atoms with E-state index < -0.39 is 0 Å². The molecule has 3 fully saturated rings. The largest absolute Gasteiger partial charge is 0.107 e. The van der Waals surface area contributed by atoms with Gasteiger partial charge in [-0.2, -0.15) is 0 Å². The van der Waals surface area contributed by atoms with Gasteiger partial charge in [-0.15, -0.1) is 15.8 Å². The summed E-state index contributed by atoms with van der Waals surface area (Å²) in [5.74, 6) is 0. The second kappa shape index (κ2) is 6.44. The van der Waals surface area contributed by atoms with E-state index in [0.717, 1.165) is 0 Å². The molecule has 0 unspecified atom stereocenters. The molecule has 82 valence electrons. The summed E-state index contributed by atoms with van der Waals surface area (Å²) in [4.78, 5) is 0. The SMILES string of the molecule is C1CCP2CCCCP(C1)CCCC2. The summed E-state index contributed by atoms with van der Waals surface area (Å²) in [7, 11) is 0.963. The Morgan fingerprint density at radius 1 is 0.357 bits per heavy atom. The molecular formula is C12H24P2. The molecule has 3 heterocycles. The zero-order chi connectivity index (χ0) is 9.64. The Bertz CT molecular complexity index is 112. The maximum Gasteiger partial charge on any atom is -0.0326 e. The monoisotopic (exact) mass is 230 g/mol. The highest BCUT2D eigenvalue weighted by atomic mass is 31.1. The molecule has 0 saturated carbocycles. The maximum absolute atomic E-state index is 1.62. The van der Waals surface area contributed by atoms with Gasteiger partial charge in [-0.05, 0) is 75.5 Å². The van der Waals surface area contributed by atoms with Gasteiger partial charge in [-0.3, -0.25) is 0 Å². The zero-order valence-electron chi connectivity index (χ0n) is 9.38. The number of fused-ring (bicyclic) bond motifs is 9. The van der Waals surface area contributed by atoms with Gasteiger partial charge in [0, 0.05) is 0 Å². The Kier molecular flexibility index (Phi) is 5.22. The van der Waals surface area contributed by atoms with Crippen LogP contribution in [0.25, 0.3) is 0 Å². The van der Waals surface area contributed by atoms with Gasteiger partial charge >= 0.3 is 0 Å². The van der Waals surface area contributed by atoms with Crippen molar-refractivity contribution in [2.24, 2.45) is 0 Å². The van der Waals surface area contributed by atoms with Crippen molar-refractivity contribution in [1.29, 1.82) is 0 Å². The molecular weight excluding hydrogens is 206 g/mol. The van der Waals surface area contributed by atoms with Crippen molar-refractivity contribution in [3.05, 3.63) is 0 Å². The van der Waals surface area contributed by atoms with Crippen molar-refractivity contribution < 1.29 is 0 Å². The van der Waals surface area contributed by atoms with E-state index in [1.54, 1.807) is 75.5 Å². The van der Waals surface area contributed by atoms with Crippen molar-refractivity contribution in [2.75, 3.05) is 37.0 Å². The summed E-state index contributed by atoms with van der Waals surface area (Å²) < 4.78 is 0. The van der Waals surface area contributed by atoms with Crippen LogP contribution in [0.15, 0.2) is 0 Å². The molecule has 3 aliphatic heterocycles. The summed E-state index contributed by atoms with van der Waals surface area (Å²) in [6, 6.07) is 0. The first-order valence-corrected chi connectivity index (χ1v) is 10.2. The minimum Gasteiger partial charge on any atom is -0.107 e. The normalized spacial score (nSPS) is 36.0. The molecule has 2 bridgehead atoms. The van der Waals surface area contributed by atoms with Crippen molar-refractivity contribution in [2.45, 2.75) is 38.5 Å². The lowest BCUT2D eigenvalue weighted by Crippen LogP contribution is -2.06. The van der Waals surface area contributed by atoms with E-state index in [2.05, 4.69) is 0 Å². The van der Waals surface area contributed by atoms with E-state index in [-0.39, 0.29) is 0 Å². The van der Waals surface area contributed by atoms with Crippen LogP contribution in [0.4, 0.5) is 0 Å².